The smallest absolute Gasteiger partial charge is 0.307 e. The van der Waals surface area contributed by atoms with E-state index in [1.807, 2.05) is 30.3 Å². The van der Waals surface area contributed by atoms with Crippen LogP contribution in [0.25, 0.3) is 0 Å². The Morgan fingerprint density at radius 2 is 1.75 bits per heavy atom. The average Bonchev–Trinajstić information content (AvgIpc) is 3.60. The minimum absolute atomic E-state index is 0.112. The lowest BCUT2D eigenvalue weighted by Crippen LogP contribution is -2.35. The van der Waals surface area contributed by atoms with E-state index >= 15 is 0 Å². The van der Waals surface area contributed by atoms with Crippen molar-refractivity contribution in [2.45, 2.75) is 51.7 Å². The summed E-state index contributed by atoms with van der Waals surface area (Å²) in [6.07, 6.45) is 3.24. The molecule has 0 saturated heterocycles. The van der Waals surface area contributed by atoms with Crippen LogP contribution < -0.4 is 10.1 Å². The summed E-state index contributed by atoms with van der Waals surface area (Å²) < 4.78 is 11.2. The topological polar surface area (TPSA) is 88.0 Å². The van der Waals surface area contributed by atoms with E-state index in [1.165, 1.54) is 18.4 Å². The van der Waals surface area contributed by atoms with Gasteiger partial charge in [-0.15, -0.1) is 0 Å². The summed E-state index contributed by atoms with van der Waals surface area (Å²) in [5.41, 5.74) is 2.10. The van der Waals surface area contributed by atoms with Gasteiger partial charge in [-0.2, -0.15) is 0 Å². The maximum Gasteiger partial charge on any atom is 0.307 e. The predicted molar refractivity (Wildman–Crippen MR) is 126 cm³/mol. The van der Waals surface area contributed by atoms with Crippen LogP contribution >= 0.6 is 0 Å². The van der Waals surface area contributed by atoms with Crippen molar-refractivity contribution in [1.82, 2.24) is 5.32 Å². The molecule has 6 nitrogen and oxygen atoms in total. The van der Waals surface area contributed by atoms with Gasteiger partial charge in [-0.25, -0.2) is 0 Å². The number of nitrogens with one attached hydrogen (secondary N) is 1. The molecule has 176 valence electrons. The number of hydrogen-bond donors (Lipinski definition) is 3. The Morgan fingerprint density at radius 1 is 1.06 bits per heavy atom. The number of benzene rings is 2. The molecule has 1 atom stereocenters. The molecule has 1 aliphatic carbocycles. The molecule has 0 radical (unpaired) electrons. The molecular formula is C26H37NO5. The van der Waals surface area contributed by atoms with Gasteiger partial charge in [0.2, 0.25) is 0 Å². The van der Waals surface area contributed by atoms with Crippen molar-refractivity contribution in [3.63, 3.8) is 0 Å². The second kappa shape index (κ2) is 14.6. The summed E-state index contributed by atoms with van der Waals surface area (Å²) >= 11 is 0. The molecule has 1 saturated carbocycles. The Kier molecular flexibility index (Phi) is 11.8. The Bertz CT molecular complexity index is 760. The number of hydrogen-bond acceptors (Lipinski definition) is 5. The first kappa shape index (κ1) is 25.8. The number of aliphatic carboxylic acids is 1. The number of carboxylic acids is 1. The number of carbonyl (C=O) groups is 1. The summed E-state index contributed by atoms with van der Waals surface area (Å²) in [4.78, 5) is 10.2. The van der Waals surface area contributed by atoms with E-state index in [0.29, 0.717) is 19.2 Å². The number of aliphatic hydroxyl groups excluding tert-OH is 1. The molecule has 0 heterocycles. The largest absolute Gasteiger partial charge is 0.491 e. The minimum Gasteiger partial charge on any atom is -0.491 e. The van der Waals surface area contributed by atoms with Gasteiger partial charge < -0.3 is 25.0 Å². The third-order valence-corrected chi connectivity index (χ3v) is 4.91. The highest BCUT2D eigenvalue weighted by Gasteiger charge is 2.20. The maximum absolute atomic E-state index is 10.2. The molecule has 3 N–H and O–H groups in total. The Labute approximate surface area is 191 Å². The lowest BCUT2D eigenvalue weighted by atomic mass is 10.1. The fraction of sp³-hybridized carbons (Fsp3) is 0.500. The van der Waals surface area contributed by atoms with Crippen LogP contribution in [0.3, 0.4) is 0 Å². The first-order valence-corrected chi connectivity index (χ1v) is 11.4. The molecule has 0 aromatic heterocycles. The van der Waals surface area contributed by atoms with Crippen LogP contribution in [0.4, 0.5) is 0 Å². The molecule has 0 bridgehead atoms. The molecule has 6 heteroatoms. The molecule has 0 amide bonds. The molecule has 1 aliphatic rings. The van der Waals surface area contributed by atoms with E-state index in [9.17, 15) is 9.90 Å². The van der Waals surface area contributed by atoms with Gasteiger partial charge in [-0.1, -0.05) is 56.3 Å². The number of ether oxygens (including phenoxy) is 2. The lowest BCUT2D eigenvalue weighted by molar-refractivity contribution is -0.136. The van der Waals surface area contributed by atoms with Gasteiger partial charge in [0, 0.05) is 19.2 Å². The second-order valence-electron chi connectivity index (χ2n) is 8.50. The second-order valence-corrected chi connectivity index (χ2v) is 8.50. The monoisotopic (exact) mass is 443 g/mol. The van der Waals surface area contributed by atoms with Gasteiger partial charge in [-0.3, -0.25) is 4.79 Å². The van der Waals surface area contributed by atoms with Gasteiger partial charge in [0.25, 0.3) is 0 Å². The highest BCUT2D eigenvalue weighted by molar-refractivity contribution is 5.70. The van der Waals surface area contributed by atoms with Crippen LogP contribution in [0, 0.1) is 5.92 Å². The van der Waals surface area contributed by atoms with E-state index in [-0.39, 0.29) is 6.42 Å². The Morgan fingerprint density at radius 3 is 2.34 bits per heavy atom. The quantitative estimate of drug-likeness (QED) is 0.409. The first-order valence-electron chi connectivity index (χ1n) is 11.4. The zero-order valence-corrected chi connectivity index (χ0v) is 19.2. The maximum atomic E-state index is 10.2. The van der Waals surface area contributed by atoms with Crippen LogP contribution in [0.15, 0.2) is 54.6 Å². The molecule has 32 heavy (non-hydrogen) atoms. The molecule has 0 aliphatic heterocycles. The average molecular weight is 444 g/mol. The van der Waals surface area contributed by atoms with Crippen LogP contribution in [-0.4, -0.2) is 54.7 Å². The lowest BCUT2D eigenvalue weighted by Gasteiger charge is -2.15. The highest BCUT2D eigenvalue weighted by atomic mass is 16.5. The van der Waals surface area contributed by atoms with Gasteiger partial charge in [0.05, 0.1) is 13.0 Å². The van der Waals surface area contributed by atoms with Crippen LogP contribution in [0.2, 0.25) is 0 Å². The van der Waals surface area contributed by atoms with E-state index in [0.717, 1.165) is 36.9 Å². The summed E-state index contributed by atoms with van der Waals surface area (Å²) in [6.45, 7) is 6.68. The summed E-state index contributed by atoms with van der Waals surface area (Å²) in [5.74, 6) is 0.838. The van der Waals surface area contributed by atoms with Crippen molar-refractivity contribution >= 4 is 5.97 Å². The fourth-order valence-electron chi connectivity index (χ4n) is 2.87. The van der Waals surface area contributed by atoms with Crippen LogP contribution in [0.5, 0.6) is 5.75 Å². The molecule has 2 aromatic rings. The van der Waals surface area contributed by atoms with Crippen molar-refractivity contribution in [1.29, 1.82) is 0 Å². The van der Waals surface area contributed by atoms with Crippen LogP contribution in [-0.2, 0) is 22.4 Å². The number of rotatable bonds is 13. The minimum atomic E-state index is -0.786. The predicted octanol–water partition coefficient (Wildman–Crippen LogP) is 3.71. The summed E-state index contributed by atoms with van der Waals surface area (Å²) in [7, 11) is 0. The molecule has 0 spiro atoms. The highest BCUT2D eigenvalue weighted by Crippen LogP contribution is 2.28. The van der Waals surface area contributed by atoms with E-state index in [2.05, 4.69) is 31.3 Å². The molecule has 1 unspecified atom stereocenters. The SMILES string of the molecule is CC(C)NCC(O)COc1ccc(CCOCC2CC2)cc1.O=C(O)Cc1ccccc1. The van der Waals surface area contributed by atoms with Crippen molar-refractivity contribution < 1.29 is 24.5 Å². The summed E-state index contributed by atoms with van der Waals surface area (Å²) in [5, 5.41) is 21.4. The molecular weight excluding hydrogens is 406 g/mol. The van der Waals surface area contributed by atoms with Crippen molar-refractivity contribution in [2.75, 3.05) is 26.4 Å². The third kappa shape index (κ3) is 12.4. The Balaban J connectivity index is 0.000000303. The van der Waals surface area contributed by atoms with Gasteiger partial charge in [0.15, 0.2) is 0 Å². The van der Waals surface area contributed by atoms with Crippen molar-refractivity contribution in [2.24, 2.45) is 5.92 Å². The zero-order chi connectivity index (χ0) is 23.2. The Hall–Kier alpha value is -2.41. The zero-order valence-electron chi connectivity index (χ0n) is 19.2. The number of aliphatic hydroxyl groups is 1. The normalized spacial score (nSPS) is 13.9. The molecule has 2 aromatic carbocycles. The third-order valence-electron chi connectivity index (χ3n) is 4.91. The van der Waals surface area contributed by atoms with Crippen molar-refractivity contribution in [3.05, 3.63) is 65.7 Å². The van der Waals surface area contributed by atoms with Crippen molar-refractivity contribution in [3.8, 4) is 5.75 Å². The van der Waals surface area contributed by atoms with Crippen LogP contribution in [0.1, 0.15) is 37.8 Å². The number of carboxylic acid groups (broad SMARTS) is 1. The first-order chi connectivity index (χ1) is 15.4. The van der Waals surface area contributed by atoms with Gasteiger partial charge >= 0.3 is 5.97 Å². The molecule has 3 rings (SSSR count). The van der Waals surface area contributed by atoms with E-state index in [4.69, 9.17) is 14.6 Å². The van der Waals surface area contributed by atoms with Gasteiger partial charge in [0.1, 0.15) is 18.5 Å². The standard InChI is InChI=1S/C18H29NO3.C8H8O2/c1-14(2)19-11-17(20)13-22-18-7-5-15(6-8-18)9-10-21-12-16-3-4-16;9-8(10)6-7-4-2-1-3-5-7/h5-8,14,16-17,19-20H,3-4,9-13H2,1-2H3;1-5H,6H2,(H,9,10). The molecule has 1 fully saturated rings. The van der Waals surface area contributed by atoms with Gasteiger partial charge in [-0.05, 0) is 48.4 Å². The van der Waals surface area contributed by atoms with E-state index in [1.54, 1.807) is 12.1 Å². The fourth-order valence-corrected chi connectivity index (χ4v) is 2.87. The van der Waals surface area contributed by atoms with E-state index < -0.39 is 12.1 Å². The summed E-state index contributed by atoms with van der Waals surface area (Å²) in [6, 6.07) is 17.5.